The van der Waals surface area contributed by atoms with Gasteiger partial charge in [0.05, 0.1) is 13.2 Å². The highest BCUT2D eigenvalue weighted by molar-refractivity contribution is 5.77. The summed E-state index contributed by atoms with van der Waals surface area (Å²) < 4.78 is 21.1. The third-order valence-electron chi connectivity index (χ3n) is 3.76. The Morgan fingerprint density at radius 1 is 1.21 bits per heavy atom. The van der Waals surface area contributed by atoms with Crippen molar-refractivity contribution in [3.8, 4) is 5.88 Å². The van der Waals surface area contributed by atoms with Crippen LogP contribution in [0.2, 0.25) is 0 Å². The number of hydrogen-bond acceptors (Lipinski definition) is 7. The van der Waals surface area contributed by atoms with Gasteiger partial charge in [-0.3, -0.25) is 4.79 Å². The molecule has 1 amide bonds. The molecular weight excluding hydrogens is 364 g/mol. The summed E-state index contributed by atoms with van der Waals surface area (Å²) in [6.45, 7) is 12.5. The maximum atomic E-state index is 12.1. The standard InChI is InChI=1S/C20H34N2O6/c1-7-25-18(23)17(14(2)3)15-13-16(22-28-15)26-12-10-8-9-11-21-19(24)27-20(4,5)6/h13-14,17H,7-12H2,1-6H3,(H,21,24). The lowest BCUT2D eigenvalue weighted by Crippen LogP contribution is -2.33. The molecule has 1 N–H and O–H groups in total. The van der Waals surface area contributed by atoms with Gasteiger partial charge in [-0.15, -0.1) is 0 Å². The number of esters is 1. The van der Waals surface area contributed by atoms with E-state index in [2.05, 4.69) is 10.5 Å². The van der Waals surface area contributed by atoms with Crippen LogP contribution in [0.15, 0.2) is 10.6 Å². The normalized spacial score (nSPS) is 12.5. The number of nitrogens with zero attached hydrogens (tertiary/aromatic N) is 1. The van der Waals surface area contributed by atoms with Crippen molar-refractivity contribution in [1.29, 1.82) is 0 Å². The number of aromatic nitrogens is 1. The lowest BCUT2D eigenvalue weighted by atomic mass is 9.93. The zero-order chi connectivity index (χ0) is 21.2. The molecule has 0 aromatic carbocycles. The second kappa shape index (κ2) is 11.6. The summed E-state index contributed by atoms with van der Waals surface area (Å²) in [5.74, 6) is 0.0144. The SMILES string of the molecule is CCOC(=O)C(c1cc(OCCCCCNC(=O)OC(C)(C)C)no1)C(C)C. The molecule has 1 rings (SSSR count). The molecule has 0 saturated heterocycles. The first-order valence-corrected chi connectivity index (χ1v) is 9.87. The summed E-state index contributed by atoms with van der Waals surface area (Å²) in [5.41, 5.74) is -0.490. The molecule has 0 bridgehead atoms. The van der Waals surface area contributed by atoms with Gasteiger partial charge in [-0.05, 0) is 58.0 Å². The van der Waals surface area contributed by atoms with Crippen LogP contribution in [0.3, 0.4) is 0 Å². The molecule has 0 aliphatic heterocycles. The van der Waals surface area contributed by atoms with Crippen molar-refractivity contribution in [2.24, 2.45) is 5.92 Å². The van der Waals surface area contributed by atoms with Crippen molar-refractivity contribution in [3.05, 3.63) is 11.8 Å². The summed E-state index contributed by atoms with van der Waals surface area (Å²) in [7, 11) is 0. The lowest BCUT2D eigenvalue weighted by Gasteiger charge is -2.19. The summed E-state index contributed by atoms with van der Waals surface area (Å²) in [6.07, 6.45) is 2.12. The maximum Gasteiger partial charge on any atom is 0.407 e. The molecule has 1 unspecified atom stereocenters. The number of hydrogen-bond donors (Lipinski definition) is 1. The van der Waals surface area contributed by atoms with E-state index >= 15 is 0 Å². The van der Waals surface area contributed by atoms with Gasteiger partial charge in [0.15, 0.2) is 5.76 Å². The molecule has 28 heavy (non-hydrogen) atoms. The Morgan fingerprint density at radius 2 is 1.93 bits per heavy atom. The Hall–Kier alpha value is -2.25. The van der Waals surface area contributed by atoms with Crippen LogP contribution in [-0.2, 0) is 14.3 Å². The highest BCUT2D eigenvalue weighted by Crippen LogP contribution is 2.28. The topological polar surface area (TPSA) is 99.9 Å². The molecule has 1 aromatic heterocycles. The van der Waals surface area contributed by atoms with Gasteiger partial charge < -0.3 is 24.1 Å². The molecular formula is C20H34N2O6. The second-order valence-corrected chi connectivity index (χ2v) is 7.88. The van der Waals surface area contributed by atoms with Crippen LogP contribution >= 0.6 is 0 Å². The minimum atomic E-state index is -0.497. The van der Waals surface area contributed by atoms with Crippen molar-refractivity contribution in [2.75, 3.05) is 19.8 Å². The van der Waals surface area contributed by atoms with Gasteiger partial charge in [-0.2, -0.15) is 0 Å². The Bertz CT molecular complexity index is 606. The lowest BCUT2D eigenvalue weighted by molar-refractivity contribution is -0.146. The van der Waals surface area contributed by atoms with Crippen LogP contribution in [0.1, 0.15) is 72.5 Å². The minimum Gasteiger partial charge on any atom is -0.476 e. The first kappa shape index (κ1) is 23.8. The van der Waals surface area contributed by atoms with E-state index < -0.39 is 17.6 Å². The zero-order valence-electron chi connectivity index (χ0n) is 17.9. The monoisotopic (exact) mass is 398 g/mol. The molecule has 0 radical (unpaired) electrons. The van der Waals surface area contributed by atoms with Crippen LogP contribution in [-0.4, -0.2) is 42.6 Å². The van der Waals surface area contributed by atoms with Gasteiger partial charge in [0.1, 0.15) is 11.5 Å². The van der Waals surface area contributed by atoms with Crippen molar-refractivity contribution < 1.29 is 28.3 Å². The Labute approximate surface area is 167 Å². The van der Waals surface area contributed by atoms with Gasteiger partial charge in [0, 0.05) is 12.6 Å². The predicted molar refractivity (Wildman–Crippen MR) is 104 cm³/mol. The van der Waals surface area contributed by atoms with Crippen LogP contribution in [0.5, 0.6) is 5.88 Å². The molecule has 0 fully saturated rings. The zero-order valence-corrected chi connectivity index (χ0v) is 17.9. The highest BCUT2D eigenvalue weighted by Gasteiger charge is 2.30. The molecule has 0 spiro atoms. The molecule has 1 atom stereocenters. The molecule has 0 saturated carbocycles. The first-order valence-electron chi connectivity index (χ1n) is 9.87. The van der Waals surface area contributed by atoms with Crippen molar-refractivity contribution in [2.45, 2.75) is 72.3 Å². The quantitative estimate of drug-likeness (QED) is 0.443. The molecule has 160 valence electrons. The first-order chi connectivity index (χ1) is 13.1. The Balaban J connectivity index is 2.28. The maximum absolute atomic E-state index is 12.1. The molecule has 0 aliphatic carbocycles. The number of alkyl carbamates (subject to hydrolysis) is 1. The summed E-state index contributed by atoms with van der Waals surface area (Å²) in [4.78, 5) is 23.6. The largest absolute Gasteiger partial charge is 0.476 e. The summed E-state index contributed by atoms with van der Waals surface area (Å²) in [6, 6.07) is 1.64. The van der Waals surface area contributed by atoms with Gasteiger partial charge in [-0.25, -0.2) is 4.79 Å². The van der Waals surface area contributed by atoms with Gasteiger partial charge in [0.2, 0.25) is 0 Å². The minimum absolute atomic E-state index is 0.0253. The number of ether oxygens (including phenoxy) is 3. The number of carbonyl (C=O) groups excluding carboxylic acids is 2. The molecule has 0 aliphatic rings. The van der Waals surface area contributed by atoms with Crippen LogP contribution in [0, 0.1) is 5.92 Å². The number of amides is 1. The second-order valence-electron chi connectivity index (χ2n) is 7.88. The molecule has 1 aromatic rings. The number of rotatable bonds is 11. The van der Waals surface area contributed by atoms with E-state index in [0.717, 1.165) is 19.3 Å². The smallest absolute Gasteiger partial charge is 0.407 e. The van der Waals surface area contributed by atoms with E-state index in [1.54, 1.807) is 13.0 Å². The van der Waals surface area contributed by atoms with Crippen molar-refractivity contribution in [1.82, 2.24) is 10.5 Å². The van der Waals surface area contributed by atoms with Gasteiger partial charge >= 0.3 is 12.1 Å². The molecule has 8 heteroatoms. The van der Waals surface area contributed by atoms with Gasteiger partial charge in [0.25, 0.3) is 5.88 Å². The van der Waals surface area contributed by atoms with E-state index in [0.29, 0.717) is 31.4 Å². The van der Waals surface area contributed by atoms with E-state index in [4.69, 9.17) is 18.7 Å². The average molecular weight is 399 g/mol. The summed E-state index contributed by atoms with van der Waals surface area (Å²) in [5, 5.41) is 6.60. The van der Waals surface area contributed by atoms with Gasteiger partial charge in [-0.1, -0.05) is 13.8 Å². The average Bonchev–Trinajstić information content (AvgIpc) is 3.00. The fraction of sp³-hybridized carbons (Fsp3) is 0.750. The molecule has 8 nitrogen and oxygen atoms in total. The van der Waals surface area contributed by atoms with E-state index in [1.807, 2.05) is 34.6 Å². The van der Waals surface area contributed by atoms with Crippen LogP contribution < -0.4 is 10.1 Å². The fourth-order valence-corrected chi connectivity index (χ4v) is 2.52. The summed E-state index contributed by atoms with van der Waals surface area (Å²) >= 11 is 0. The predicted octanol–water partition coefficient (Wildman–Crippen LogP) is 4.05. The Morgan fingerprint density at radius 3 is 2.54 bits per heavy atom. The van der Waals surface area contributed by atoms with Crippen LogP contribution in [0.4, 0.5) is 4.79 Å². The van der Waals surface area contributed by atoms with Crippen LogP contribution in [0.25, 0.3) is 0 Å². The highest BCUT2D eigenvalue weighted by atomic mass is 16.6. The fourth-order valence-electron chi connectivity index (χ4n) is 2.52. The Kier molecular flexibility index (Phi) is 9.82. The number of nitrogens with one attached hydrogen (secondary N) is 1. The number of carbonyl (C=O) groups is 2. The third kappa shape index (κ3) is 9.10. The van der Waals surface area contributed by atoms with Crippen molar-refractivity contribution >= 4 is 12.1 Å². The van der Waals surface area contributed by atoms with Crippen molar-refractivity contribution in [3.63, 3.8) is 0 Å². The third-order valence-corrected chi connectivity index (χ3v) is 3.76. The number of unbranched alkanes of at least 4 members (excludes halogenated alkanes) is 2. The van der Waals surface area contributed by atoms with E-state index in [9.17, 15) is 9.59 Å². The molecule has 1 heterocycles. The van der Waals surface area contributed by atoms with E-state index in [-0.39, 0.29) is 11.9 Å². The van der Waals surface area contributed by atoms with E-state index in [1.165, 1.54) is 0 Å².